The van der Waals surface area contributed by atoms with E-state index in [1.807, 2.05) is 30.3 Å². The van der Waals surface area contributed by atoms with Crippen molar-refractivity contribution in [3.8, 4) is 67.5 Å². The highest BCUT2D eigenvalue weighted by molar-refractivity contribution is 6.11. The fourth-order valence-electron chi connectivity index (χ4n) is 6.25. The lowest BCUT2D eigenvalue weighted by atomic mass is 9.90. The van der Waals surface area contributed by atoms with Crippen LogP contribution >= 0.6 is 0 Å². The van der Waals surface area contributed by atoms with E-state index in [0.717, 1.165) is 16.8 Å². The second-order valence-electron chi connectivity index (χ2n) is 11.7. The number of rotatable bonds is 6. The Bertz CT molecular complexity index is 3970. The van der Waals surface area contributed by atoms with Crippen LogP contribution in [0.2, 0.25) is 0 Å². The molecule has 0 aliphatic rings. The third kappa shape index (κ3) is 5.54. The van der Waals surface area contributed by atoms with Crippen molar-refractivity contribution < 1.29 is 30.5 Å². The van der Waals surface area contributed by atoms with E-state index < -0.39 is 119 Å². The van der Waals surface area contributed by atoms with Gasteiger partial charge < -0.3 is 4.42 Å². The Morgan fingerprint density at radius 2 is 1.08 bits per heavy atom. The van der Waals surface area contributed by atoms with Gasteiger partial charge in [-0.15, -0.1) is 0 Å². The van der Waals surface area contributed by atoms with Crippen LogP contribution in [0.3, 0.4) is 0 Å². The first-order chi connectivity index (χ1) is 34.1. The average molecular weight is 697 g/mol. The highest BCUT2D eigenvalue weighted by Crippen LogP contribution is 2.40. The van der Waals surface area contributed by atoms with Crippen LogP contribution in [-0.2, 0) is 0 Å². The smallest absolute Gasteiger partial charge is 0.164 e. The topological polar surface area (TPSA) is 51.8 Å². The van der Waals surface area contributed by atoms with Crippen molar-refractivity contribution in [1.82, 2.24) is 15.0 Å². The van der Waals surface area contributed by atoms with Gasteiger partial charge in [-0.25, -0.2) is 15.0 Å². The minimum absolute atomic E-state index is 0.00545. The maximum Gasteiger partial charge on any atom is 0.164 e. The van der Waals surface area contributed by atoms with E-state index in [-0.39, 0.29) is 74.2 Å². The highest BCUT2D eigenvalue weighted by Gasteiger charge is 2.19. The Balaban J connectivity index is 1.33. The average Bonchev–Trinajstić information content (AvgIpc) is 3.74. The van der Waals surface area contributed by atoms with Gasteiger partial charge >= 0.3 is 0 Å². The summed E-state index contributed by atoms with van der Waals surface area (Å²) in [6.45, 7) is 0. The molecule has 0 spiro atoms. The van der Waals surface area contributed by atoms with Gasteiger partial charge in [-0.1, -0.05) is 169 Å². The van der Waals surface area contributed by atoms with Crippen molar-refractivity contribution in [1.29, 1.82) is 0 Å². The predicted octanol–water partition coefficient (Wildman–Crippen LogP) is 12.9. The molecule has 0 bridgehead atoms. The minimum Gasteiger partial charge on any atom is -0.456 e. The van der Waals surface area contributed by atoms with Gasteiger partial charge in [0.1, 0.15) is 11.2 Å². The molecule has 2 aromatic heterocycles. The fraction of sp³-hybridized carbons (Fsp3) is 0. The van der Waals surface area contributed by atoms with E-state index in [1.54, 1.807) is 24.3 Å². The van der Waals surface area contributed by atoms with Gasteiger partial charge in [0.25, 0.3) is 0 Å². The van der Waals surface area contributed by atoms with Gasteiger partial charge in [0, 0.05) is 27.5 Å². The van der Waals surface area contributed by atoms with Gasteiger partial charge in [-0.3, -0.25) is 0 Å². The largest absolute Gasteiger partial charge is 0.456 e. The molecule has 4 nitrogen and oxygen atoms in total. The van der Waals surface area contributed by atoms with Crippen LogP contribution in [0.15, 0.2) is 192 Å². The number of aromatic nitrogens is 3. The van der Waals surface area contributed by atoms with E-state index in [9.17, 15) is 4.11 Å². The van der Waals surface area contributed by atoms with E-state index in [4.69, 9.17) is 36.3 Å². The number of nitrogens with zero attached hydrogens (tertiary/aromatic N) is 3. The summed E-state index contributed by atoms with van der Waals surface area (Å²) in [7, 11) is 0. The zero-order valence-corrected chi connectivity index (χ0v) is 27.2. The summed E-state index contributed by atoms with van der Waals surface area (Å²) in [5.41, 5.74) is -1.24. The number of fused-ring (bicyclic) bond motifs is 4. The molecule has 2 heterocycles. The van der Waals surface area contributed by atoms with Gasteiger partial charge in [0.05, 0.1) is 26.0 Å². The van der Waals surface area contributed by atoms with Crippen molar-refractivity contribution in [3.63, 3.8) is 0 Å². The standard InChI is InChI=1S/C49H31N3O/c1-3-13-32(14-4-1)33-25-27-36(28-26-33)47-50-48(52-49(51-47)42-22-12-24-45-46(42)41-20-9-10-23-44(41)53-45)37-29-30-39(34-15-5-2-6-16-34)43(31-37)40-21-11-18-35-17-7-8-19-38(35)40/h1-31H/i1D,3D,4D,5D,6D,9D,10D,12D,13D,14D,15D,16D,22D,23D,24D,25D,26D,27D,28D. The Morgan fingerprint density at radius 3 is 1.94 bits per heavy atom. The Hall–Kier alpha value is -7.17. The number of hydrogen-bond acceptors (Lipinski definition) is 4. The second kappa shape index (κ2) is 12.9. The van der Waals surface area contributed by atoms with Crippen LogP contribution in [0.5, 0.6) is 0 Å². The molecule has 10 aromatic rings. The van der Waals surface area contributed by atoms with Crippen molar-refractivity contribution in [2.75, 3.05) is 0 Å². The van der Waals surface area contributed by atoms with Crippen LogP contribution in [0.25, 0.3) is 100 Å². The molecule has 53 heavy (non-hydrogen) atoms. The first-order valence-corrected chi connectivity index (χ1v) is 16.2. The Labute approximate surface area is 333 Å². The normalized spacial score (nSPS) is 16.4. The van der Waals surface area contributed by atoms with Crippen LogP contribution in [0.4, 0.5) is 0 Å². The van der Waals surface area contributed by atoms with Crippen LogP contribution in [-0.4, -0.2) is 15.0 Å². The lowest BCUT2D eigenvalue weighted by molar-refractivity contribution is 0.669. The quantitative estimate of drug-likeness (QED) is 0.174. The zero-order chi connectivity index (χ0) is 51.7. The molecule has 0 unspecified atom stereocenters. The number of hydrogen-bond donors (Lipinski definition) is 0. The molecule has 248 valence electrons. The number of furan rings is 1. The summed E-state index contributed by atoms with van der Waals surface area (Å²) >= 11 is 0. The molecule has 0 saturated carbocycles. The monoisotopic (exact) mass is 696 g/mol. The van der Waals surface area contributed by atoms with Crippen molar-refractivity contribution in [2.45, 2.75) is 0 Å². The summed E-state index contributed by atoms with van der Waals surface area (Å²) < 4.78 is 172. The van der Waals surface area contributed by atoms with Crippen LogP contribution in [0, 0.1) is 0 Å². The van der Waals surface area contributed by atoms with Gasteiger partial charge in [-0.05, 0) is 62.3 Å². The molecule has 0 radical (unpaired) electrons. The molecule has 0 aliphatic carbocycles. The molecule has 0 aliphatic heterocycles. The van der Waals surface area contributed by atoms with E-state index in [0.29, 0.717) is 11.1 Å². The molecule has 0 amide bonds. The summed E-state index contributed by atoms with van der Waals surface area (Å²) in [4.78, 5) is 14.1. The maximum atomic E-state index is 9.33. The van der Waals surface area contributed by atoms with Crippen LogP contribution < -0.4 is 0 Å². The lowest BCUT2D eigenvalue weighted by Crippen LogP contribution is -2.01. The number of benzene rings is 8. The Morgan fingerprint density at radius 1 is 0.377 bits per heavy atom. The Kier molecular flexibility index (Phi) is 4.10. The van der Waals surface area contributed by atoms with E-state index >= 15 is 0 Å². The van der Waals surface area contributed by atoms with Crippen LogP contribution in [0.1, 0.15) is 26.0 Å². The fourth-order valence-corrected chi connectivity index (χ4v) is 6.25. The molecular formula is C49H31N3O. The molecule has 0 saturated heterocycles. The second-order valence-corrected chi connectivity index (χ2v) is 11.7. The number of para-hydroxylation sites is 1. The molecule has 0 atom stereocenters. The maximum absolute atomic E-state index is 9.33. The third-order valence-corrected chi connectivity index (χ3v) is 8.65. The minimum atomic E-state index is -0.827. The first kappa shape index (κ1) is 16.9. The summed E-state index contributed by atoms with van der Waals surface area (Å²) in [6, 6.07) is 8.16. The van der Waals surface area contributed by atoms with Crippen molar-refractivity contribution in [3.05, 3.63) is 188 Å². The molecular weight excluding hydrogens is 647 g/mol. The first-order valence-electron chi connectivity index (χ1n) is 25.7. The van der Waals surface area contributed by atoms with Gasteiger partial charge in [-0.2, -0.15) is 0 Å². The molecule has 0 N–H and O–H groups in total. The lowest BCUT2D eigenvalue weighted by Gasteiger charge is -2.15. The molecule has 10 rings (SSSR count). The zero-order valence-electron chi connectivity index (χ0n) is 46.2. The molecule has 8 aromatic carbocycles. The van der Waals surface area contributed by atoms with Gasteiger partial charge in [0.15, 0.2) is 17.5 Å². The van der Waals surface area contributed by atoms with Crippen molar-refractivity contribution >= 4 is 32.7 Å². The van der Waals surface area contributed by atoms with Crippen molar-refractivity contribution in [2.24, 2.45) is 0 Å². The third-order valence-electron chi connectivity index (χ3n) is 8.65. The summed E-state index contributed by atoms with van der Waals surface area (Å²) in [5, 5.41) is 1.44. The summed E-state index contributed by atoms with van der Waals surface area (Å²) in [5.74, 6) is -1.24. The van der Waals surface area contributed by atoms with E-state index in [1.165, 1.54) is 12.1 Å². The molecule has 0 fully saturated rings. The predicted molar refractivity (Wildman–Crippen MR) is 217 cm³/mol. The van der Waals surface area contributed by atoms with Gasteiger partial charge in [0.2, 0.25) is 0 Å². The molecule has 4 heteroatoms. The van der Waals surface area contributed by atoms with E-state index in [2.05, 4.69) is 4.98 Å². The SMILES string of the molecule is [2H]c1cc([2H])c([2H])c(-c2ccc(-c3nc(-c4c([2H])c([2H])c(-c5c([2H])c([2H])c([2H])c([2H])c5[2H])c([2H])c4[2H])nc(-c4c([2H])c([2H])c([2H])c5oc6c([2H])c([2H])c([2H])cc6c45)n3)cc2-c2cccc3ccccc23)c1[2H]. The highest BCUT2D eigenvalue weighted by atomic mass is 16.3. The summed E-state index contributed by atoms with van der Waals surface area (Å²) in [6.07, 6.45) is 0.